The summed E-state index contributed by atoms with van der Waals surface area (Å²) in [6.45, 7) is 4.74. The Kier molecular flexibility index (Phi) is 2.65. The summed E-state index contributed by atoms with van der Waals surface area (Å²) >= 11 is 1.90. The smallest absolute Gasteiger partial charge is 0.0361 e. The standard InChI is InChI=1S/C25H18S/c1-25(2)20-9-5-3-7-15(20)17-12-11-16-18(24(17)25)13-14-22-23(16)19-8-4-6-10-21(19)26-22/h3-14H,1-2H3. The molecule has 0 amide bonds. The van der Waals surface area contributed by atoms with Gasteiger partial charge in [0.1, 0.15) is 0 Å². The fourth-order valence-corrected chi connectivity index (χ4v) is 6.05. The molecule has 0 saturated heterocycles. The number of thiophene rings is 1. The SMILES string of the molecule is CC1(C)c2ccccc2-c2ccc3c(ccc4sc5ccccc5c43)c21. The second-order valence-corrected chi connectivity index (χ2v) is 8.87. The van der Waals surface area contributed by atoms with Crippen molar-refractivity contribution in [1.29, 1.82) is 0 Å². The molecule has 0 atom stereocenters. The molecule has 0 radical (unpaired) electrons. The topological polar surface area (TPSA) is 0 Å². The molecular formula is C25H18S. The maximum Gasteiger partial charge on any atom is 0.0361 e. The van der Waals surface area contributed by atoms with E-state index in [9.17, 15) is 0 Å². The summed E-state index contributed by atoms with van der Waals surface area (Å²) < 4.78 is 2.75. The zero-order chi connectivity index (χ0) is 17.5. The lowest BCUT2D eigenvalue weighted by atomic mass is 9.80. The summed E-state index contributed by atoms with van der Waals surface area (Å²) in [5, 5.41) is 5.59. The molecular weight excluding hydrogens is 332 g/mol. The van der Waals surface area contributed by atoms with E-state index in [1.54, 1.807) is 0 Å². The molecule has 0 bridgehead atoms. The number of rotatable bonds is 0. The van der Waals surface area contributed by atoms with E-state index in [0.29, 0.717) is 0 Å². The molecule has 26 heavy (non-hydrogen) atoms. The Morgan fingerprint density at radius 1 is 0.615 bits per heavy atom. The molecule has 5 aromatic rings. The molecule has 0 fully saturated rings. The van der Waals surface area contributed by atoms with Crippen molar-refractivity contribution in [2.45, 2.75) is 19.3 Å². The highest BCUT2D eigenvalue weighted by Gasteiger charge is 2.36. The van der Waals surface area contributed by atoms with Crippen molar-refractivity contribution >= 4 is 42.3 Å². The Morgan fingerprint density at radius 2 is 1.38 bits per heavy atom. The Bertz CT molecular complexity index is 1350. The van der Waals surface area contributed by atoms with Gasteiger partial charge in [0.05, 0.1) is 0 Å². The second kappa shape index (κ2) is 4.75. The van der Waals surface area contributed by atoms with Gasteiger partial charge >= 0.3 is 0 Å². The van der Waals surface area contributed by atoms with Gasteiger partial charge in [0.15, 0.2) is 0 Å². The lowest BCUT2D eigenvalue weighted by Gasteiger charge is -2.23. The molecule has 1 heteroatoms. The summed E-state index contributed by atoms with van der Waals surface area (Å²) in [7, 11) is 0. The van der Waals surface area contributed by atoms with Gasteiger partial charge in [-0.15, -0.1) is 11.3 Å². The van der Waals surface area contributed by atoms with Crippen molar-refractivity contribution < 1.29 is 0 Å². The van der Waals surface area contributed by atoms with Crippen molar-refractivity contribution in [2.75, 3.05) is 0 Å². The second-order valence-electron chi connectivity index (χ2n) is 7.79. The molecule has 124 valence electrons. The predicted octanol–water partition coefficient (Wildman–Crippen LogP) is 7.51. The van der Waals surface area contributed by atoms with Gasteiger partial charge in [-0.1, -0.05) is 74.5 Å². The van der Waals surface area contributed by atoms with E-state index in [2.05, 4.69) is 86.6 Å². The fraction of sp³-hybridized carbons (Fsp3) is 0.120. The average Bonchev–Trinajstić information content (AvgIpc) is 3.16. The van der Waals surface area contributed by atoms with Crippen LogP contribution in [0.5, 0.6) is 0 Å². The van der Waals surface area contributed by atoms with Crippen LogP contribution in [-0.2, 0) is 5.41 Å². The molecule has 4 aromatic carbocycles. The highest BCUT2D eigenvalue weighted by molar-refractivity contribution is 7.26. The zero-order valence-electron chi connectivity index (χ0n) is 14.8. The van der Waals surface area contributed by atoms with Gasteiger partial charge < -0.3 is 0 Å². The van der Waals surface area contributed by atoms with Gasteiger partial charge in [0, 0.05) is 25.6 Å². The molecule has 0 unspecified atom stereocenters. The van der Waals surface area contributed by atoms with Crippen molar-refractivity contribution in [3.8, 4) is 11.1 Å². The van der Waals surface area contributed by atoms with Crippen molar-refractivity contribution in [3.05, 3.63) is 83.9 Å². The predicted molar refractivity (Wildman–Crippen MR) is 114 cm³/mol. The molecule has 1 aromatic heterocycles. The number of hydrogen-bond acceptors (Lipinski definition) is 1. The highest BCUT2D eigenvalue weighted by atomic mass is 32.1. The van der Waals surface area contributed by atoms with Crippen LogP contribution in [0.25, 0.3) is 42.1 Å². The van der Waals surface area contributed by atoms with Crippen LogP contribution in [0.15, 0.2) is 72.8 Å². The van der Waals surface area contributed by atoms with Crippen LogP contribution in [0.4, 0.5) is 0 Å². The van der Waals surface area contributed by atoms with Gasteiger partial charge in [-0.25, -0.2) is 0 Å². The van der Waals surface area contributed by atoms with Gasteiger partial charge in [-0.2, -0.15) is 0 Å². The van der Waals surface area contributed by atoms with E-state index in [1.165, 1.54) is 53.2 Å². The van der Waals surface area contributed by atoms with Crippen LogP contribution in [0.1, 0.15) is 25.0 Å². The lowest BCUT2D eigenvalue weighted by molar-refractivity contribution is 0.666. The molecule has 0 N–H and O–H groups in total. The van der Waals surface area contributed by atoms with E-state index in [-0.39, 0.29) is 5.41 Å². The Labute approximate surface area is 156 Å². The maximum absolute atomic E-state index is 2.37. The Hall–Kier alpha value is -2.64. The number of hydrogen-bond donors (Lipinski definition) is 0. The Morgan fingerprint density at radius 3 is 2.31 bits per heavy atom. The van der Waals surface area contributed by atoms with Crippen LogP contribution >= 0.6 is 11.3 Å². The zero-order valence-corrected chi connectivity index (χ0v) is 15.7. The molecule has 0 saturated carbocycles. The van der Waals surface area contributed by atoms with E-state index >= 15 is 0 Å². The third-order valence-corrected chi connectivity index (χ3v) is 7.19. The van der Waals surface area contributed by atoms with Crippen LogP contribution in [-0.4, -0.2) is 0 Å². The first kappa shape index (κ1) is 14.5. The largest absolute Gasteiger partial charge is 0.135 e. The third-order valence-electron chi connectivity index (χ3n) is 6.05. The molecule has 1 aliphatic carbocycles. The molecule has 6 rings (SSSR count). The van der Waals surface area contributed by atoms with Crippen LogP contribution < -0.4 is 0 Å². The minimum absolute atomic E-state index is 0.0327. The summed E-state index contributed by atoms with van der Waals surface area (Å²) in [5.74, 6) is 0. The summed E-state index contributed by atoms with van der Waals surface area (Å²) in [5.41, 5.74) is 5.75. The minimum Gasteiger partial charge on any atom is -0.135 e. The normalized spacial score (nSPS) is 14.8. The van der Waals surface area contributed by atoms with Crippen LogP contribution in [0.2, 0.25) is 0 Å². The number of fused-ring (bicyclic) bond motifs is 9. The average molecular weight is 350 g/mol. The quantitative estimate of drug-likeness (QED) is 0.271. The van der Waals surface area contributed by atoms with E-state index in [1.807, 2.05) is 11.3 Å². The van der Waals surface area contributed by atoms with Crippen molar-refractivity contribution in [3.63, 3.8) is 0 Å². The number of benzene rings is 4. The molecule has 0 aliphatic heterocycles. The lowest BCUT2D eigenvalue weighted by Crippen LogP contribution is -2.15. The van der Waals surface area contributed by atoms with Crippen LogP contribution in [0, 0.1) is 0 Å². The van der Waals surface area contributed by atoms with Gasteiger partial charge in [-0.05, 0) is 45.2 Å². The van der Waals surface area contributed by atoms with Crippen molar-refractivity contribution in [2.24, 2.45) is 0 Å². The van der Waals surface area contributed by atoms with Crippen LogP contribution in [0.3, 0.4) is 0 Å². The fourth-order valence-electron chi connectivity index (χ4n) is 4.92. The summed E-state index contributed by atoms with van der Waals surface area (Å²) in [6, 6.07) is 27.0. The van der Waals surface area contributed by atoms with E-state index in [0.717, 1.165) is 0 Å². The third kappa shape index (κ3) is 1.65. The van der Waals surface area contributed by atoms with Gasteiger partial charge in [0.25, 0.3) is 0 Å². The first-order valence-corrected chi connectivity index (χ1v) is 9.95. The first-order valence-electron chi connectivity index (χ1n) is 9.13. The Balaban J connectivity index is 1.82. The summed E-state index contributed by atoms with van der Waals surface area (Å²) in [4.78, 5) is 0. The first-order chi connectivity index (χ1) is 12.7. The van der Waals surface area contributed by atoms with Gasteiger partial charge in [-0.3, -0.25) is 0 Å². The summed E-state index contributed by atoms with van der Waals surface area (Å²) in [6.07, 6.45) is 0. The minimum atomic E-state index is 0.0327. The molecule has 0 nitrogen and oxygen atoms in total. The van der Waals surface area contributed by atoms with Crippen molar-refractivity contribution in [1.82, 2.24) is 0 Å². The highest BCUT2D eigenvalue weighted by Crippen LogP contribution is 2.52. The monoisotopic (exact) mass is 350 g/mol. The molecule has 1 heterocycles. The molecule has 1 aliphatic rings. The molecule has 0 spiro atoms. The maximum atomic E-state index is 2.37. The van der Waals surface area contributed by atoms with E-state index in [4.69, 9.17) is 0 Å². The van der Waals surface area contributed by atoms with Gasteiger partial charge in [0.2, 0.25) is 0 Å². The van der Waals surface area contributed by atoms with E-state index < -0.39 is 0 Å².